The normalized spacial score (nSPS) is 22.1. The van der Waals surface area contributed by atoms with Gasteiger partial charge in [-0.1, -0.05) is 12.1 Å². The molecule has 2 atom stereocenters. The molecule has 1 saturated heterocycles. The molecule has 1 aliphatic carbocycles. The molecule has 3 aliphatic rings. The molecular weight excluding hydrogens is 564 g/mol. The maximum Gasteiger partial charge on any atom is 0.251 e. The predicted octanol–water partition coefficient (Wildman–Crippen LogP) is 3.64. The Kier molecular flexibility index (Phi) is 6.91. The number of sulfone groups is 1. The van der Waals surface area contributed by atoms with Crippen molar-refractivity contribution in [3.8, 4) is 11.4 Å². The number of carbonyl (C=O) groups is 1. The van der Waals surface area contributed by atoms with E-state index in [1.54, 1.807) is 18.3 Å². The smallest absolute Gasteiger partial charge is 0.251 e. The van der Waals surface area contributed by atoms with Gasteiger partial charge in [0.25, 0.3) is 5.91 Å². The summed E-state index contributed by atoms with van der Waals surface area (Å²) in [5, 5.41) is 7.32. The highest BCUT2D eigenvalue weighted by molar-refractivity contribution is 7.93. The van der Waals surface area contributed by atoms with Gasteiger partial charge in [-0.2, -0.15) is 0 Å². The fourth-order valence-electron chi connectivity index (χ4n) is 6.10. The summed E-state index contributed by atoms with van der Waals surface area (Å²) >= 11 is 0. The molecule has 1 aromatic carbocycles. The Morgan fingerprint density at radius 2 is 1.84 bits per heavy atom. The molecule has 4 aromatic rings. The molecule has 222 valence electrons. The van der Waals surface area contributed by atoms with Gasteiger partial charge in [0.15, 0.2) is 9.84 Å². The number of amides is 1. The van der Waals surface area contributed by atoms with Crippen LogP contribution in [0.25, 0.3) is 22.3 Å². The minimum Gasteiger partial charge on any atom is -0.375 e. The molecule has 1 spiro atoms. The van der Waals surface area contributed by atoms with Crippen LogP contribution >= 0.6 is 0 Å². The molecule has 11 heteroatoms. The zero-order chi connectivity index (χ0) is 29.8. The van der Waals surface area contributed by atoms with Crippen LogP contribution in [0, 0.1) is 0 Å². The zero-order valence-electron chi connectivity index (χ0n) is 24.2. The highest BCUT2D eigenvalue weighted by atomic mass is 32.2. The average molecular weight is 599 g/mol. The predicted molar refractivity (Wildman–Crippen MR) is 163 cm³/mol. The maximum absolute atomic E-state index is 13.3. The van der Waals surface area contributed by atoms with E-state index in [0.29, 0.717) is 41.7 Å². The van der Waals surface area contributed by atoms with E-state index in [1.165, 1.54) is 6.07 Å². The number of piperazine rings is 1. The standard InChI is InChI=1S/C32H34N6O4S/c1-20-16-38(17-21(2)35-20)30-5-3-4-26(37-30)27-9-8-23-14-33-25(13-28(23)36-27)15-34-31(39)22-6-7-24-18-42-19-32(10-11-32)43(40,41)29(24)12-22/h3-9,12-14,20-21,35H,10-11,15-19H2,1-2H3,(H,34,39)/t20-,21+. The van der Waals surface area contributed by atoms with Crippen molar-refractivity contribution in [3.05, 3.63) is 77.6 Å². The van der Waals surface area contributed by atoms with Crippen molar-refractivity contribution >= 4 is 32.5 Å². The summed E-state index contributed by atoms with van der Waals surface area (Å²) in [5.41, 5.74) is 3.83. The van der Waals surface area contributed by atoms with Gasteiger partial charge in [0.2, 0.25) is 0 Å². The third kappa shape index (κ3) is 5.26. The van der Waals surface area contributed by atoms with Crippen LogP contribution in [0.2, 0.25) is 0 Å². The van der Waals surface area contributed by atoms with Gasteiger partial charge >= 0.3 is 0 Å². The third-order valence-electron chi connectivity index (χ3n) is 8.56. The van der Waals surface area contributed by atoms with Crippen LogP contribution < -0.4 is 15.5 Å². The Hall–Kier alpha value is -3.93. The Morgan fingerprint density at radius 1 is 1.05 bits per heavy atom. The lowest BCUT2D eigenvalue weighted by Gasteiger charge is -2.37. The fraction of sp³-hybridized carbons (Fsp3) is 0.375. The van der Waals surface area contributed by atoms with Crippen molar-refractivity contribution in [2.24, 2.45) is 0 Å². The topological polar surface area (TPSA) is 126 Å². The van der Waals surface area contributed by atoms with Crippen LogP contribution in [0.3, 0.4) is 0 Å². The fourth-order valence-corrected chi connectivity index (χ4v) is 8.20. The van der Waals surface area contributed by atoms with Crippen LogP contribution in [-0.2, 0) is 27.7 Å². The highest BCUT2D eigenvalue weighted by Gasteiger charge is 2.56. The molecule has 0 radical (unpaired) electrons. The van der Waals surface area contributed by atoms with Crippen LogP contribution in [0.4, 0.5) is 5.82 Å². The van der Waals surface area contributed by atoms with Crippen molar-refractivity contribution in [3.63, 3.8) is 0 Å². The Morgan fingerprint density at radius 3 is 2.63 bits per heavy atom. The van der Waals surface area contributed by atoms with Gasteiger partial charge in [-0.3, -0.25) is 9.78 Å². The van der Waals surface area contributed by atoms with E-state index in [2.05, 4.69) is 34.4 Å². The van der Waals surface area contributed by atoms with Crippen molar-refractivity contribution < 1.29 is 17.9 Å². The number of anilines is 1. The lowest BCUT2D eigenvalue weighted by Crippen LogP contribution is -2.54. The molecule has 5 heterocycles. The molecule has 2 aliphatic heterocycles. The molecule has 3 aromatic heterocycles. The second-order valence-electron chi connectivity index (χ2n) is 12.0. The van der Waals surface area contributed by atoms with Crippen molar-refractivity contribution in [1.29, 1.82) is 0 Å². The van der Waals surface area contributed by atoms with E-state index in [1.807, 2.05) is 36.4 Å². The summed E-state index contributed by atoms with van der Waals surface area (Å²) in [6, 6.07) is 17.4. The largest absolute Gasteiger partial charge is 0.375 e. The number of hydrogen-bond acceptors (Lipinski definition) is 9. The summed E-state index contributed by atoms with van der Waals surface area (Å²) < 4.78 is 31.4. The third-order valence-corrected chi connectivity index (χ3v) is 11.2. The number of fused-ring (bicyclic) bond motifs is 2. The lowest BCUT2D eigenvalue weighted by molar-refractivity contribution is 0.0949. The number of nitrogens with zero attached hydrogens (tertiary/aromatic N) is 4. The van der Waals surface area contributed by atoms with Crippen LogP contribution in [-0.4, -0.2) is 65.8 Å². The van der Waals surface area contributed by atoms with Gasteiger partial charge in [-0.05, 0) is 74.7 Å². The quantitative estimate of drug-likeness (QED) is 0.354. The molecule has 7 rings (SSSR count). The first-order valence-corrected chi connectivity index (χ1v) is 16.2. The molecule has 1 amide bonds. The van der Waals surface area contributed by atoms with Gasteiger partial charge in [0.05, 0.1) is 47.3 Å². The van der Waals surface area contributed by atoms with E-state index < -0.39 is 14.6 Å². The summed E-state index contributed by atoms with van der Waals surface area (Å²) in [6.07, 6.45) is 2.92. The van der Waals surface area contributed by atoms with Crippen molar-refractivity contribution in [1.82, 2.24) is 25.6 Å². The highest BCUT2D eigenvalue weighted by Crippen LogP contribution is 2.49. The van der Waals surface area contributed by atoms with E-state index in [9.17, 15) is 13.2 Å². The van der Waals surface area contributed by atoms with Crippen molar-refractivity contribution in [2.45, 2.75) is 61.6 Å². The maximum atomic E-state index is 13.3. The summed E-state index contributed by atoms with van der Waals surface area (Å²) in [4.78, 5) is 29.9. The minimum absolute atomic E-state index is 0.171. The number of ether oxygens (including phenoxy) is 1. The van der Waals surface area contributed by atoms with Gasteiger partial charge in [-0.25, -0.2) is 18.4 Å². The molecule has 2 fully saturated rings. The molecule has 2 N–H and O–H groups in total. The number of benzene rings is 1. The Balaban J connectivity index is 1.09. The first kappa shape index (κ1) is 27.9. The summed E-state index contributed by atoms with van der Waals surface area (Å²) in [7, 11) is -3.57. The average Bonchev–Trinajstić information content (AvgIpc) is 3.81. The van der Waals surface area contributed by atoms with Gasteiger partial charge in [-0.15, -0.1) is 0 Å². The number of nitrogens with one attached hydrogen (secondary N) is 2. The monoisotopic (exact) mass is 598 g/mol. The zero-order valence-corrected chi connectivity index (χ0v) is 25.0. The van der Waals surface area contributed by atoms with Crippen LogP contribution in [0.15, 0.2) is 65.7 Å². The number of pyridine rings is 3. The first-order valence-electron chi connectivity index (χ1n) is 14.7. The molecule has 1 saturated carbocycles. The number of carbonyl (C=O) groups excluding carboxylic acids is 1. The van der Waals surface area contributed by atoms with Crippen molar-refractivity contribution in [2.75, 3.05) is 24.6 Å². The Bertz CT molecular complexity index is 1830. The summed E-state index contributed by atoms with van der Waals surface area (Å²) in [6.45, 7) is 6.74. The van der Waals surface area contributed by atoms with E-state index >= 15 is 0 Å². The summed E-state index contributed by atoms with van der Waals surface area (Å²) in [5.74, 6) is 0.567. The van der Waals surface area contributed by atoms with Gasteiger partial charge < -0.3 is 20.3 Å². The number of rotatable bonds is 5. The van der Waals surface area contributed by atoms with Crippen LogP contribution in [0.1, 0.15) is 48.3 Å². The van der Waals surface area contributed by atoms with E-state index in [0.717, 1.165) is 41.2 Å². The van der Waals surface area contributed by atoms with Gasteiger partial charge in [0.1, 0.15) is 10.6 Å². The Labute approximate surface area is 250 Å². The molecular formula is C32H34N6O4S. The molecule has 0 bridgehead atoms. The molecule has 10 nitrogen and oxygen atoms in total. The molecule has 43 heavy (non-hydrogen) atoms. The van der Waals surface area contributed by atoms with E-state index in [4.69, 9.17) is 14.7 Å². The second-order valence-corrected chi connectivity index (χ2v) is 14.3. The van der Waals surface area contributed by atoms with Gasteiger partial charge in [0, 0.05) is 42.3 Å². The minimum atomic E-state index is -3.57. The number of hydrogen-bond donors (Lipinski definition) is 2. The van der Waals surface area contributed by atoms with Crippen LogP contribution in [0.5, 0.6) is 0 Å². The lowest BCUT2D eigenvalue weighted by atomic mass is 10.1. The molecule has 0 unspecified atom stereocenters. The van der Waals surface area contributed by atoms with E-state index in [-0.39, 0.29) is 30.6 Å². The number of aromatic nitrogens is 3. The second kappa shape index (κ2) is 10.7. The SMILES string of the molecule is C[C@@H]1CN(c2cccc(-c3ccc4cnc(CNC(=O)c5ccc6c(c5)S(=O)(=O)C5(CC5)COC6)cc4n3)n2)C[C@H](C)N1. The first-order chi connectivity index (χ1) is 20.7.